The highest BCUT2D eigenvalue weighted by molar-refractivity contribution is 5.92. The average molecular weight is 841 g/mol. The molecule has 65 heavy (non-hydrogen) atoms. The second-order valence-electron chi connectivity index (χ2n) is 15.9. The van der Waals surface area contributed by atoms with Crippen molar-refractivity contribution in [3.05, 3.63) is 260 Å². The van der Waals surface area contributed by atoms with E-state index < -0.39 is 0 Å². The molecule has 0 heterocycles. The van der Waals surface area contributed by atoms with Gasteiger partial charge in [-0.25, -0.2) is 0 Å². The Labute approximate surface area is 384 Å². The smallest absolute Gasteiger partial charge is 0.0465 e. The van der Waals surface area contributed by atoms with Gasteiger partial charge in [-0.1, -0.05) is 146 Å². The highest BCUT2D eigenvalue weighted by Crippen LogP contribution is 2.41. The van der Waals surface area contributed by atoms with Gasteiger partial charge in [0.15, 0.2) is 0 Å². The van der Waals surface area contributed by atoms with E-state index in [1.54, 1.807) is 0 Å². The molecular formula is C61H52N4. The van der Waals surface area contributed by atoms with Crippen LogP contribution in [0.5, 0.6) is 0 Å². The molecule has 316 valence electrons. The quantitative estimate of drug-likeness (QED) is 0.107. The Bertz CT molecular complexity index is 2990. The molecule has 0 aromatic heterocycles. The maximum Gasteiger partial charge on any atom is 0.0465 e. The predicted molar refractivity (Wildman–Crippen MR) is 279 cm³/mol. The molecule has 0 aliphatic rings. The molecular weight excluding hydrogens is 789 g/mol. The molecule has 0 unspecified atom stereocenters. The first kappa shape index (κ1) is 42.0. The molecule has 0 saturated carbocycles. The van der Waals surface area contributed by atoms with E-state index in [0.29, 0.717) is 0 Å². The number of hydrogen-bond donors (Lipinski definition) is 2. The van der Waals surface area contributed by atoms with Gasteiger partial charge in [0.1, 0.15) is 0 Å². The number of allylic oxidation sites excluding steroid dienone is 3. The summed E-state index contributed by atoms with van der Waals surface area (Å²) < 4.78 is 0. The number of nitrogens with zero attached hydrogens (tertiary/aromatic N) is 2. The summed E-state index contributed by atoms with van der Waals surface area (Å²) in [5, 5.41) is 7.57. The van der Waals surface area contributed by atoms with Crippen LogP contribution in [0.2, 0.25) is 0 Å². The van der Waals surface area contributed by atoms with Crippen LogP contribution in [-0.4, -0.2) is 0 Å². The van der Waals surface area contributed by atoms with Gasteiger partial charge in [-0.15, -0.1) is 0 Å². The average Bonchev–Trinajstić information content (AvgIpc) is 3.37. The van der Waals surface area contributed by atoms with E-state index >= 15 is 0 Å². The van der Waals surface area contributed by atoms with Crippen LogP contribution in [0.3, 0.4) is 0 Å². The SMILES string of the molecule is C/C=C\C(=C/C)N(c1ccccc1)c1ccc(-c2ccc(Nc3ccc(-c4ccc(N(c5ccccc5)c5ccccc5)cc4)cc3)c(-c3ccccc3Nc3ccccc3C)c2)cc1. The summed E-state index contributed by atoms with van der Waals surface area (Å²) in [6.45, 7) is 6.28. The lowest BCUT2D eigenvalue weighted by molar-refractivity contribution is 1.20. The Morgan fingerprint density at radius 3 is 1.42 bits per heavy atom. The predicted octanol–water partition coefficient (Wildman–Crippen LogP) is 17.6. The summed E-state index contributed by atoms with van der Waals surface area (Å²) in [4.78, 5) is 4.58. The lowest BCUT2D eigenvalue weighted by Crippen LogP contribution is -2.14. The number of nitrogens with one attached hydrogen (secondary N) is 2. The van der Waals surface area contributed by atoms with Gasteiger partial charge in [-0.3, -0.25) is 0 Å². The van der Waals surface area contributed by atoms with Crippen molar-refractivity contribution in [2.24, 2.45) is 0 Å². The molecule has 0 radical (unpaired) electrons. The highest BCUT2D eigenvalue weighted by Gasteiger charge is 2.17. The van der Waals surface area contributed by atoms with E-state index in [-0.39, 0.29) is 0 Å². The minimum Gasteiger partial charge on any atom is -0.355 e. The molecule has 0 atom stereocenters. The van der Waals surface area contributed by atoms with Crippen LogP contribution in [0.1, 0.15) is 19.4 Å². The van der Waals surface area contributed by atoms with Crippen molar-refractivity contribution in [1.82, 2.24) is 0 Å². The first-order valence-corrected chi connectivity index (χ1v) is 22.2. The number of anilines is 9. The zero-order valence-electron chi connectivity index (χ0n) is 37.1. The van der Waals surface area contributed by atoms with Gasteiger partial charge < -0.3 is 20.4 Å². The van der Waals surface area contributed by atoms with Crippen LogP contribution in [0.4, 0.5) is 51.2 Å². The zero-order chi connectivity index (χ0) is 44.4. The van der Waals surface area contributed by atoms with Crippen LogP contribution >= 0.6 is 0 Å². The first-order chi connectivity index (χ1) is 32.1. The van der Waals surface area contributed by atoms with Gasteiger partial charge >= 0.3 is 0 Å². The van der Waals surface area contributed by atoms with Crippen molar-refractivity contribution in [1.29, 1.82) is 0 Å². The molecule has 9 aromatic carbocycles. The summed E-state index contributed by atoms with van der Waals surface area (Å²) >= 11 is 0. The van der Waals surface area contributed by atoms with E-state index in [2.05, 4.69) is 290 Å². The van der Waals surface area contributed by atoms with Crippen LogP contribution in [0.15, 0.2) is 254 Å². The molecule has 2 N–H and O–H groups in total. The van der Waals surface area contributed by atoms with E-state index in [4.69, 9.17) is 0 Å². The summed E-state index contributed by atoms with van der Waals surface area (Å²) in [6, 6.07) is 81.7. The van der Waals surface area contributed by atoms with Gasteiger partial charge in [0.25, 0.3) is 0 Å². The minimum absolute atomic E-state index is 1.01. The van der Waals surface area contributed by atoms with Crippen molar-refractivity contribution >= 4 is 51.2 Å². The van der Waals surface area contributed by atoms with Gasteiger partial charge in [0.2, 0.25) is 0 Å². The highest BCUT2D eigenvalue weighted by atomic mass is 15.1. The summed E-state index contributed by atoms with van der Waals surface area (Å²) in [5.74, 6) is 0. The maximum atomic E-state index is 3.81. The Morgan fingerprint density at radius 1 is 0.385 bits per heavy atom. The minimum atomic E-state index is 1.01. The summed E-state index contributed by atoms with van der Waals surface area (Å²) in [5.41, 5.74) is 18.8. The van der Waals surface area contributed by atoms with Gasteiger partial charge in [0, 0.05) is 68.0 Å². The molecule has 0 spiro atoms. The molecule has 0 fully saturated rings. The topological polar surface area (TPSA) is 30.5 Å². The lowest BCUT2D eigenvalue weighted by atomic mass is 9.95. The Kier molecular flexibility index (Phi) is 12.8. The second-order valence-corrected chi connectivity index (χ2v) is 15.9. The normalized spacial score (nSPS) is 11.3. The van der Waals surface area contributed by atoms with Gasteiger partial charge in [-0.2, -0.15) is 0 Å². The van der Waals surface area contributed by atoms with Gasteiger partial charge in [-0.05, 0) is 152 Å². The van der Waals surface area contributed by atoms with Crippen molar-refractivity contribution in [2.75, 3.05) is 20.4 Å². The fraction of sp³-hybridized carbons (Fsp3) is 0.0492. The Balaban J connectivity index is 1.04. The number of benzene rings is 9. The van der Waals surface area contributed by atoms with E-state index in [9.17, 15) is 0 Å². The maximum absolute atomic E-state index is 3.81. The zero-order valence-corrected chi connectivity index (χ0v) is 37.1. The fourth-order valence-electron chi connectivity index (χ4n) is 8.34. The molecule has 0 aliphatic heterocycles. The van der Waals surface area contributed by atoms with Crippen LogP contribution in [0.25, 0.3) is 33.4 Å². The largest absolute Gasteiger partial charge is 0.355 e. The number of rotatable bonds is 14. The third-order valence-electron chi connectivity index (χ3n) is 11.7. The molecule has 0 saturated heterocycles. The van der Waals surface area contributed by atoms with Gasteiger partial charge in [0.05, 0.1) is 0 Å². The molecule has 0 bridgehead atoms. The molecule has 0 amide bonds. The number of hydrogen-bond acceptors (Lipinski definition) is 4. The summed E-state index contributed by atoms with van der Waals surface area (Å²) in [7, 11) is 0. The van der Waals surface area contributed by atoms with Crippen LogP contribution < -0.4 is 20.4 Å². The van der Waals surface area contributed by atoms with Crippen molar-refractivity contribution < 1.29 is 0 Å². The summed E-state index contributed by atoms with van der Waals surface area (Å²) in [6.07, 6.45) is 6.39. The van der Waals surface area contributed by atoms with E-state index in [1.165, 1.54) is 5.56 Å². The second kappa shape index (κ2) is 19.8. The van der Waals surface area contributed by atoms with Crippen molar-refractivity contribution in [2.45, 2.75) is 20.8 Å². The Morgan fingerprint density at radius 2 is 0.831 bits per heavy atom. The number of para-hydroxylation sites is 5. The van der Waals surface area contributed by atoms with Crippen LogP contribution in [0, 0.1) is 6.92 Å². The first-order valence-electron chi connectivity index (χ1n) is 22.2. The molecule has 4 heteroatoms. The standard InChI is InChI=1S/C61H52N4/c1-4-19-51(5-2)64(52-21-9-6-10-22-52)55-41-34-48(35-42-55)49-36-43-61(58(44-49)57-27-16-18-29-60(57)63-59-28-17-15-20-45(59)3)62-50-37-30-46(31-38-50)47-32-39-56(40-33-47)65(53-23-11-7-12-24-53)54-25-13-8-14-26-54/h4-44,62-63H,1-3H3/b19-4-,51-5+. The third-order valence-corrected chi connectivity index (χ3v) is 11.7. The third kappa shape index (κ3) is 9.53. The monoisotopic (exact) mass is 840 g/mol. The van der Waals surface area contributed by atoms with E-state index in [0.717, 1.165) is 90.3 Å². The number of aryl methyl sites for hydroxylation is 1. The molecule has 0 aliphatic carbocycles. The van der Waals surface area contributed by atoms with Crippen molar-refractivity contribution in [3.8, 4) is 33.4 Å². The fourth-order valence-corrected chi connectivity index (χ4v) is 8.34. The van der Waals surface area contributed by atoms with Crippen LogP contribution in [-0.2, 0) is 0 Å². The molecule has 9 aromatic rings. The lowest BCUT2D eigenvalue weighted by Gasteiger charge is -2.26. The van der Waals surface area contributed by atoms with Crippen molar-refractivity contribution in [3.63, 3.8) is 0 Å². The van der Waals surface area contributed by atoms with E-state index in [1.807, 2.05) is 0 Å². The molecule has 4 nitrogen and oxygen atoms in total. The molecule has 9 rings (SSSR count). The Hall–Kier alpha value is -8.34.